The lowest BCUT2D eigenvalue weighted by atomic mass is 9.82. The largest absolute Gasteiger partial charge is 0.481 e. The van der Waals surface area contributed by atoms with E-state index in [0.29, 0.717) is 51.5 Å². The van der Waals surface area contributed by atoms with Crippen LogP contribution in [0.5, 0.6) is 0 Å². The van der Waals surface area contributed by atoms with Crippen LogP contribution in [0.25, 0.3) is 39.5 Å². The Morgan fingerprint density at radius 2 is 1.68 bits per heavy atom. The highest BCUT2D eigenvalue weighted by Gasteiger charge is 2.30. The number of likely N-dealkylation sites (tertiary alicyclic amines) is 1. The van der Waals surface area contributed by atoms with E-state index in [1.54, 1.807) is 30.5 Å². The number of halogens is 1. The Hall–Kier alpha value is -4.63. The lowest BCUT2D eigenvalue weighted by molar-refractivity contribution is -0.143. The number of hydrogen-bond acceptors (Lipinski definition) is 6. The minimum Gasteiger partial charge on any atom is -0.481 e. The number of anilines is 1. The summed E-state index contributed by atoms with van der Waals surface area (Å²) < 4.78 is 16.7. The maximum absolute atomic E-state index is 14.7. The molecule has 0 spiro atoms. The summed E-state index contributed by atoms with van der Waals surface area (Å²) in [6.07, 6.45) is 6.35. The van der Waals surface area contributed by atoms with Crippen LogP contribution in [0.15, 0.2) is 79.0 Å². The van der Waals surface area contributed by atoms with E-state index in [2.05, 4.69) is 34.1 Å². The molecule has 1 aliphatic carbocycles. The maximum Gasteiger partial charge on any atom is 0.306 e. The molecule has 1 saturated heterocycles. The van der Waals surface area contributed by atoms with Crippen LogP contribution in [-0.4, -0.2) is 55.1 Å². The van der Waals surface area contributed by atoms with Gasteiger partial charge in [-0.2, -0.15) is 0 Å². The molecule has 1 saturated carbocycles. The number of aliphatic carboxylic acids is 1. The monoisotopic (exact) mass is 590 g/mol. The number of hydrogen-bond donors (Lipinski definition) is 2. The molecule has 224 valence electrons. The van der Waals surface area contributed by atoms with Crippen molar-refractivity contribution in [1.29, 1.82) is 0 Å². The van der Waals surface area contributed by atoms with Crippen LogP contribution < -0.4 is 5.73 Å². The third-order valence-corrected chi connectivity index (χ3v) is 9.34. The van der Waals surface area contributed by atoms with Crippen molar-refractivity contribution in [3.8, 4) is 28.3 Å². The van der Waals surface area contributed by atoms with Gasteiger partial charge in [-0.25, -0.2) is 19.3 Å². The van der Waals surface area contributed by atoms with Gasteiger partial charge in [-0.05, 0) is 105 Å². The minimum atomic E-state index is -0.644. The minimum absolute atomic E-state index is 0.167. The van der Waals surface area contributed by atoms with E-state index in [4.69, 9.17) is 15.7 Å². The lowest BCUT2D eigenvalue weighted by Gasteiger charge is -2.29. The number of pyridine rings is 2. The van der Waals surface area contributed by atoms with Gasteiger partial charge in [0.15, 0.2) is 11.5 Å². The average molecular weight is 591 g/mol. The first-order valence-corrected chi connectivity index (χ1v) is 15.4. The number of imidazole rings is 1. The number of benzene rings is 2. The molecule has 0 bridgehead atoms. The third-order valence-electron chi connectivity index (χ3n) is 9.34. The molecule has 3 aromatic heterocycles. The molecular formula is C35H35FN6O2. The number of carboxylic acid groups (broad SMARTS) is 1. The van der Waals surface area contributed by atoms with Crippen molar-refractivity contribution in [2.45, 2.75) is 38.0 Å². The van der Waals surface area contributed by atoms with Gasteiger partial charge in [-0.15, -0.1) is 0 Å². The summed E-state index contributed by atoms with van der Waals surface area (Å²) >= 11 is 0. The van der Waals surface area contributed by atoms with Crippen molar-refractivity contribution >= 4 is 23.0 Å². The molecule has 1 atom stereocenters. The predicted octanol–water partition coefficient (Wildman–Crippen LogP) is 6.55. The summed E-state index contributed by atoms with van der Waals surface area (Å²) in [5, 5.41) is 9.32. The fraction of sp³-hybridized carbons (Fsp3) is 0.314. The molecule has 2 aromatic carbocycles. The van der Waals surface area contributed by atoms with E-state index in [1.807, 2.05) is 22.8 Å². The zero-order chi connectivity index (χ0) is 30.2. The molecule has 5 aromatic rings. The van der Waals surface area contributed by atoms with Crippen LogP contribution in [0.4, 0.5) is 10.2 Å². The number of nitrogens with two attached hydrogens (primary N) is 1. The van der Waals surface area contributed by atoms with Crippen LogP contribution in [0.3, 0.4) is 0 Å². The highest BCUT2D eigenvalue weighted by Crippen LogP contribution is 2.35. The number of nitrogens with zero attached hydrogens (tertiary/aromatic N) is 5. The van der Waals surface area contributed by atoms with Gasteiger partial charge in [0.2, 0.25) is 0 Å². The van der Waals surface area contributed by atoms with Crippen LogP contribution in [0.2, 0.25) is 0 Å². The van der Waals surface area contributed by atoms with Crippen LogP contribution in [-0.2, 0) is 4.79 Å². The fourth-order valence-corrected chi connectivity index (χ4v) is 6.93. The smallest absolute Gasteiger partial charge is 0.306 e. The molecule has 0 amide bonds. The molecule has 44 heavy (non-hydrogen) atoms. The Kier molecular flexibility index (Phi) is 7.56. The second kappa shape index (κ2) is 11.8. The van der Waals surface area contributed by atoms with Gasteiger partial charge >= 0.3 is 5.97 Å². The second-order valence-electron chi connectivity index (χ2n) is 12.1. The van der Waals surface area contributed by atoms with Crippen molar-refractivity contribution in [2.24, 2.45) is 11.8 Å². The van der Waals surface area contributed by atoms with Crippen LogP contribution >= 0.6 is 0 Å². The highest BCUT2D eigenvalue weighted by atomic mass is 19.1. The molecular weight excluding hydrogens is 555 g/mol. The van der Waals surface area contributed by atoms with Crippen LogP contribution in [0, 0.1) is 17.7 Å². The Balaban J connectivity index is 1.17. The van der Waals surface area contributed by atoms with Crippen molar-refractivity contribution in [3.63, 3.8) is 0 Å². The second-order valence-corrected chi connectivity index (χ2v) is 12.1. The van der Waals surface area contributed by atoms with Gasteiger partial charge in [-0.3, -0.25) is 9.36 Å². The molecule has 1 aliphatic heterocycles. The number of nitrogen functional groups attached to an aromatic ring is 1. The Morgan fingerprint density at radius 3 is 2.43 bits per heavy atom. The topological polar surface area (TPSA) is 110 Å². The fourth-order valence-electron chi connectivity index (χ4n) is 6.93. The Bertz CT molecular complexity index is 1810. The first-order valence-electron chi connectivity index (χ1n) is 15.4. The quantitative estimate of drug-likeness (QED) is 0.221. The third kappa shape index (κ3) is 5.43. The molecule has 0 unspecified atom stereocenters. The normalized spacial score (nSPS) is 20.7. The van der Waals surface area contributed by atoms with Gasteiger partial charge in [-0.1, -0.05) is 24.3 Å². The molecule has 0 radical (unpaired) electrons. The van der Waals surface area contributed by atoms with Gasteiger partial charge in [0.1, 0.15) is 17.2 Å². The van der Waals surface area contributed by atoms with Crippen molar-refractivity contribution in [1.82, 2.24) is 24.4 Å². The van der Waals surface area contributed by atoms with E-state index in [0.717, 1.165) is 57.4 Å². The lowest BCUT2D eigenvalue weighted by Crippen LogP contribution is -2.31. The molecule has 3 N–H and O–H groups in total. The summed E-state index contributed by atoms with van der Waals surface area (Å²) in [4.78, 5) is 28.0. The zero-order valence-corrected chi connectivity index (χ0v) is 24.4. The van der Waals surface area contributed by atoms with Crippen molar-refractivity contribution in [3.05, 3.63) is 90.4 Å². The van der Waals surface area contributed by atoms with Crippen molar-refractivity contribution in [2.75, 3.05) is 25.4 Å². The first kappa shape index (κ1) is 28.2. The SMILES string of the molecule is Nc1ncccc1-c1nc2ccc(-c3ccccc3F)nc2n1-c1ccc([C@H]2CCN(C[C@H]3CC[C@H](C(=O)O)CC3)C2)cc1. The summed E-state index contributed by atoms with van der Waals surface area (Å²) in [7, 11) is 0. The number of aromatic nitrogens is 4. The average Bonchev–Trinajstić information content (AvgIpc) is 3.66. The van der Waals surface area contributed by atoms with Gasteiger partial charge in [0.25, 0.3) is 0 Å². The maximum atomic E-state index is 14.7. The molecule has 8 nitrogen and oxygen atoms in total. The molecule has 7 rings (SSSR count). The first-order chi connectivity index (χ1) is 21.4. The number of carbonyl (C=O) groups is 1. The summed E-state index contributed by atoms with van der Waals surface area (Å²) in [6, 6.07) is 22.6. The van der Waals surface area contributed by atoms with Gasteiger partial charge < -0.3 is 15.7 Å². The Labute approximate surface area is 255 Å². The van der Waals surface area contributed by atoms with E-state index in [9.17, 15) is 14.3 Å². The zero-order valence-electron chi connectivity index (χ0n) is 24.4. The van der Waals surface area contributed by atoms with E-state index >= 15 is 0 Å². The Morgan fingerprint density at radius 1 is 0.909 bits per heavy atom. The molecule has 9 heteroatoms. The summed E-state index contributed by atoms with van der Waals surface area (Å²) in [5.41, 5.74) is 11.4. The van der Waals surface area contributed by atoms with Crippen LogP contribution in [0.1, 0.15) is 43.6 Å². The summed E-state index contributed by atoms with van der Waals surface area (Å²) in [5.74, 6) is 0.887. The number of carboxylic acids is 1. The summed E-state index contributed by atoms with van der Waals surface area (Å²) in [6.45, 7) is 3.12. The van der Waals surface area contributed by atoms with E-state index in [1.165, 1.54) is 11.6 Å². The predicted molar refractivity (Wildman–Crippen MR) is 169 cm³/mol. The van der Waals surface area contributed by atoms with Crippen molar-refractivity contribution < 1.29 is 14.3 Å². The van der Waals surface area contributed by atoms with E-state index in [-0.39, 0.29) is 11.7 Å². The van der Waals surface area contributed by atoms with E-state index < -0.39 is 5.97 Å². The molecule has 2 fully saturated rings. The number of rotatable bonds is 7. The van der Waals surface area contributed by atoms with Gasteiger partial charge in [0, 0.05) is 30.5 Å². The molecule has 4 heterocycles. The standard InChI is InChI=1S/C35H35FN6O2/c36-29-6-2-1-4-27(29)30-15-16-31-34(39-30)42(33(40-31)28-5-3-18-38-32(28)37)26-13-11-23(12-14-26)25-17-19-41(21-25)20-22-7-9-24(10-8-22)35(43)44/h1-6,11-16,18,22,24-25H,7-10,17,19-21H2,(H2,37,38)(H,43,44)/t22-,24-,25-/m0/s1. The number of fused-ring (bicyclic) bond motifs is 1. The van der Waals surface area contributed by atoms with Gasteiger partial charge in [0.05, 0.1) is 17.2 Å². The highest BCUT2D eigenvalue weighted by molar-refractivity contribution is 5.84. The molecule has 2 aliphatic rings.